The molecule has 0 bridgehead atoms. The minimum atomic E-state index is 0.230. The Balaban J connectivity index is 1.53. The van der Waals surface area contributed by atoms with Crippen LogP contribution in [-0.4, -0.2) is 48.5 Å². The zero-order chi connectivity index (χ0) is 17.1. The standard InChI is InChI=1S/C20H24N4O/c25-20(9-14-22-12-3-4-13-22)24-16-15-23(17-7-10-21-11-8-17)18-5-1-2-6-19(18)24/h1-2,5-8,10-11H,3-4,9,12-16H2. The number of carbonyl (C=O) groups excluding carboxylic acids is 1. The molecule has 0 atom stereocenters. The number of aromatic nitrogens is 1. The zero-order valence-electron chi connectivity index (χ0n) is 14.5. The first-order valence-electron chi connectivity index (χ1n) is 9.12. The molecule has 2 aromatic rings. The van der Waals surface area contributed by atoms with Gasteiger partial charge >= 0.3 is 0 Å². The van der Waals surface area contributed by atoms with Crippen molar-refractivity contribution in [2.45, 2.75) is 19.3 Å². The molecule has 1 fully saturated rings. The molecular weight excluding hydrogens is 312 g/mol. The van der Waals surface area contributed by atoms with E-state index in [1.807, 2.05) is 41.6 Å². The molecule has 4 rings (SSSR count). The van der Waals surface area contributed by atoms with E-state index < -0.39 is 0 Å². The van der Waals surface area contributed by atoms with Crippen molar-refractivity contribution in [3.05, 3.63) is 48.8 Å². The highest BCUT2D eigenvalue weighted by Crippen LogP contribution is 2.37. The molecule has 1 aromatic carbocycles. The quantitative estimate of drug-likeness (QED) is 0.860. The highest BCUT2D eigenvalue weighted by Gasteiger charge is 2.27. The van der Waals surface area contributed by atoms with Crippen LogP contribution in [0.2, 0.25) is 0 Å². The molecule has 0 radical (unpaired) electrons. The summed E-state index contributed by atoms with van der Waals surface area (Å²) in [6, 6.07) is 12.2. The van der Waals surface area contributed by atoms with Crippen molar-refractivity contribution in [3.8, 4) is 0 Å². The van der Waals surface area contributed by atoms with E-state index >= 15 is 0 Å². The van der Waals surface area contributed by atoms with Crippen LogP contribution < -0.4 is 9.80 Å². The molecule has 2 aliphatic rings. The first kappa shape index (κ1) is 16.1. The first-order chi connectivity index (χ1) is 12.3. The smallest absolute Gasteiger partial charge is 0.228 e. The van der Waals surface area contributed by atoms with Crippen molar-refractivity contribution in [1.29, 1.82) is 0 Å². The number of fused-ring (bicyclic) bond motifs is 1. The van der Waals surface area contributed by atoms with Crippen LogP contribution in [0.4, 0.5) is 17.1 Å². The molecular formula is C20H24N4O. The molecule has 3 heterocycles. The van der Waals surface area contributed by atoms with E-state index in [0.29, 0.717) is 6.42 Å². The number of hydrogen-bond donors (Lipinski definition) is 0. The van der Waals surface area contributed by atoms with Crippen molar-refractivity contribution < 1.29 is 4.79 Å². The minimum absolute atomic E-state index is 0.230. The van der Waals surface area contributed by atoms with E-state index in [1.165, 1.54) is 12.8 Å². The molecule has 1 saturated heterocycles. The topological polar surface area (TPSA) is 39.7 Å². The fraction of sp³-hybridized carbons (Fsp3) is 0.400. The van der Waals surface area contributed by atoms with Gasteiger partial charge in [0, 0.05) is 44.1 Å². The second-order valence-corrected chi connectivity index (χ2v) is 6.69. The van der Waals surface area contributed by atoms with E-state index in [2.05, 4.69) is 26.9 Å². The van der Waals surface area contributed by atoms with Crippen LogP contribution in [0.15, 0.2) is 48.8 Å². The monoisotopic (exact) mass is 336 g/mol. The summed E-state index contributed by atoms with van der Waals surface area (Å²) < 4.78 is 0. The second kappa shape index (κ2) is 7.23. The van der Waals surface area contributed by atoms with Crippen molar-refractivity contribution in [3.63, 3.8) is 0 Å². The lowest BCUT2D eigenvalue weighted by Gasteiger charge is -2.38. The third kappa shape index (κ3) is 3.37. The fourth-order valence-corrected chi connectivity index (χ4v) is 3.81. The van der Waals surface area contributed by atoms with Gasteiger partial charge in [-0.2, -0.15) is 0 Å². The molecule has 0 spiro atoms. The van der Waals surface area contributed by atoms with Crippen LogP contribution in [-0.2, 0) is 4.79 Å². The van der Waals surface area contributed by atoms with E-state index in [9.17, 15) is 4.79 Å². The molecule has 2 aliphatic heterocycles. The fourth-order valence-electron chi connectivity index (χ4n) is 3.81. The molecule has 0 saturated carbocycles. The van der Waals surface area contributed by atoms with Gasteiger partial charge in [-0.25, -0.2) is 0 Å². The molecule has 1 amide bonds. The van der Waals surface area contributed by atoms with Crippen LogP contribution >= 0.6 is 0 Å². The summed E-state index contributed by atoms with van der Waals surface area (Å²) in [7, 11) is 0. The van der Waals surface area contributed by atoms with Crippen molar-refractivity contribution in [2.24, 2.45) is 0 Å². The predicted molar refractivity (Wildman–Crippen MR) is 100 cm³/mol. The summed E-state index contributed by atoms with van der Waals surface area (Å²) in [5.74, 6) is 0.230. The lowest BCUT2D eigenvalue weighted by atomic mass is 10.1. The van der Waals surface area contributed by atoms with Crippen molar-refractivity contribution in [2.75, 3.05) is 42.5 Å². The summed E-state index contributed by atoms with van der Waals surface area (Å²) in [6.07, 6.45) is 6.75. The molecule has 0 unspecified atom stereocenters. The summed E-state index contributed by atoms with van der Waals surface area (Å²) >= 11 is 0. The van der Waals surface area contributed by atoms with Crippen molar-refractivity contribution >= 4 is 23.0 Å². The van der Waals surface area contributed by atoms with Crippen LogP contribution in [0.5, 0.6) is 0 Å². The number of amides is 1. The Bertz CT molecular complexity index is 727. The number of rotatable bonds is 4. The first-order valence-corrected chi connectivity index (χ1v) is 9.12. The van der Waals surface area contributed by atoms with Crippen LogP contribution in [0.25, 0.3) is 0 Å². The predicted octanol–water partition coefficient (Wildman–Crippen LogP) is 3.05. The highest BCUT2D eigenvalue weighted by atomic mass is 16.2. The van der Waals surface area contributed by atoms with Gasteiger partial charge in [0.2, 0.25) is 5.91 Å². The van der Waals surface area contributed by atoms with E-state index in [4.69, 9.17) is 0 Å². The molecule has 5 heteroatoms. The largest absolute Gasteiger partial charge is 0.338 e. The maximum absolute atomic E-state index is 12.8. The van der Waals surface area contributed by atoms with Gasteiger partial charge in [-0.3, -0.25) is 9.78 Å². The number of hydrogen-bond acceptors (Lipinski definition) is 4. The summed E-state index contributed by atoms with van der Waals surface area (Å²) in [4.78, 5) is 23.6. The lowest BCUT2D eigenvalue weighted by molar-refractivity contribution is -0.118. The number of carbonyl (C=O) groups is 1. The Morgan fingerprint density at radius 1 is 0.920 bits per heavy atom. The van der Waals surface area contributed by atoms with Gasteiger partial charge in [-0.1, -0.05) is 12.1 Å². The molecule has 5 nitrogen and oxygen atoms in total. The summed E-state index contributed by atoms with van der Waals surface area (Å²) in [6.45, 7) is 4.68. The number of pyridine rings is 1. The summed E-state index contributed by atoms with van der Waals surface area (Å²) in [5, 5.41) is 0. The molecule has 1 aromatic heterocycles. The molecule has 0 N–H and O–H groups in total. The Hall–Kier alpha value is -2.40. The Labute approximate surface area is 148 Å². The van der Waals surface area contributed by atoms with Gasteiger partial charge in [0.25, 0.3) is 0 Å². The number of anilines is 3. The van der Waals surface area contributed by atoms with Gasteiger partial charge in [-0.15, -0.1) is 0 Å². The average Bonchev–Trinajstić information content (AvgIpc) is 3.19. The Morgan fingerprint density at radius 3 is 2.40 bits per heavy atom. The number of benzene rings is 1. The molecule has 130 valence electrons. The highest BCUT2D eigenvalue weighted by molar-refractivity contribution is 5.98. The third-order valence-electron chi connectivity index (χ3n) is 5.13. The van der Waals surface area contributed by atoms with Gasteiger partial charge in [0.1, 0.15) is 0 Å². The van der Waals surface area contributed by atoms with Crippen LogP contribution in [0.3, 0.4) is 0 Å². The van der Waals surface area contributed by atoms with Crippen molar-refractivity contribution in [1.82, 2.24) is 9.88 Å². The van der Waals surface area contributed by atoms with Crippen LogP contribution in [0, 0.1) is 0 Å². The SMILES string of the molecule is O=C(CCN1CCCC1)N1CCN(c2ccncc2)c2ccccc21. The summed E-state index contributed by atoms with van der Waals surface area (Å²) in [5.41, 5.74) is 3.22. The zero-order valence-corrected chi connectivity index (χ0v) is 14.5. The van der Waals surface area contributed by atoms with Gasteiger partial charge < -0.3 is 14.7 Å². The third-order valence-corrected chi connectivity index (χ3v) is 5.13. The maximum atomic E-state index is 12.8. The number of para-hydroxylation sites is 2. The van der Waals surface area contributed by atoms with E-state index in [0.717, 1.165) is 49.8 Å². The number of nitrogens with zero attached hydrogens (tertiary/aromatic N) is 4. The number of likely N-dealkylation sites (tertiary alicyclic amines) is 1. The maximum Gasteiger partial charge on any atom is 0.228 e. The normalized spacial score (nSPS) is 17.6. The van der Waals surface area contributed by atoms with Gasteiger partial charge in [0.05, 0.1) is 11.4 Å². The minimum Gasteiger partial charge on any atom is -0.338 e. The second-order valence-electron chi connectivity index (χ2n) is 6.69. The average molecular weight is 336 g/mol. The lowest BCUT2D eigenvalue weighted by Crippen LogP contribution is -2.43. The van der Waals surface area contributed by atoms with E-state index in [-0.39, 0.29) is 5.91 Å². The Kier molecular flexibility index (Phi) is 4.65. The molecule has 0 aliphatic carbocycles. The van der Waals surface area contributed by atoms with Gasteiger partial charge in [0.15, 0.2) is 0 Å². The Morgan fingerprint density at radius 2 is 1.64 bits per heavy atom. The molecule has 25 heavy (non-hydrogen) atoms. The van der Waals surface area contributed by atoms with Gasteiger partial charge in [-0.05, 0) is 50.2 Å². The van der Waals surface area contributed by atoms with Crippen LogP contribution in [0.1, 0.15) is 19.3 Å². The van der Waals surface area contributed by atoms with E-state index in [1.54, 1.807) is 0 Å².